The molecule has 1 atom stereocenters. The van der Waals surface area contributed by atoms with E-state index >= 15 is 0 Å². The molecule has 0 saturated carbocycles. The highest BCUT2D eigenvalue weighted by molar-refractivity contribution is 7.86. The highest BCUT2D eigenvalue weighted by Crippen LogP contribution is 2.29. The lowest BCUT2D eigenvalue weighted by Crippen LogP contribution is -2.39. The topological polar surface area (TPSA) is 192 Å². The molecule has 16 heteroatoms. The lowest BCUT2D eigenvalue weighted by molar-refractivity contribution is -0.151. The number of benzene rings is 3. The summed E-state index contributed by atoms with van der Waals surface area (Å²) >= 11 is 5.86. The summed E-state index contributed by atoms with van der Waals surface area (Å²) in [4.78, 5) is 27.0. The van der Waals surface area contributed by atoms with Crippen LogP contribution in [0.3, 0.4) is 0 Å². The van der Waals surface area contributed by atoms with E-state index < -0.39 is 47.6 Å². The van der Waals surface area contributed by atoms with Gasteiger partial charge >= 0.3 is 5.97 Å². The van der Waals surface area contributed by atoms with Gasteiger partial charge in [-0.3, -0.25) is 18.7 Å². The van der Waals surface area contributed by atoms with Crippen molar-refractivity contribution in [2.24, 2.45) is 5.41 Å². The summed E-state index contributed by atoms with van der Waals surface area (Å²) in [5, 5.41) is 4.59. The summed E-state index contributed by atoms with van der Waals surface area (Å²) in [5.74, 6) is -0.299. The molecule has 0 bridgehead atoms. The van der Waals surface area contributed by atoms with Gasteiger partial charge in [0.05, 0.1) is 5.41 Å². The average Bonchev–Trinajstić information content (AvgIpc) is 3.45. The van der Waals surface area contributed by atoms with Crippen molar-refractivity contribution in [2.45, 2.75) is 36.8 Å². The number of halogens is 1. The Kier molecular flexibility index (Phi) is 10.1. The second-order valence-electron chi connectivity index (χ2n) is 9.39. The van der Waals surface area contributed by atoms with Crippen molar-refractivity contribution in [1.82, 2.24) is 14.8 Å². The van der Waals surface area contributed by atoms with E-state index in [-0.39, 0.29) is 23.2 Å². The normalized spacial score (nSPS) is 12.6. The molecule has 4 aromatic rings. The summed E-state index contributed by atoms with van der Waals surface area (Å²) < 4.78 is 74.8. The third-order valence-electron chi connectivity index (χ3n) is 5.66. The zero-order valence-corrected chi connectivity index (χ0v) is 24.8. The Morgan fingerprint density at radius 1 is 0.929 bits per heavy atom. The minimum atomic E-state index is -4.47. The monoisotopic (exact) mass is 639 g/mol. The van der Waals surface area contributed by atoms with Crippen molar-refractivity contribution in [1.29, 1.82) is 0 Å². The molecule has 0 aliphatic carbocycles. The van der Waals surface area contributed by atoms with Crippen molar-refractivity contribution in [3.05, 3.63) is 78.3 Å². The van der Waals surface area contributed by atoms with Gasteiger partial charge in [0.25, 0.3) is 26.5 Å². The van der Waals surface area contributed by atoms with Crippen LogP contribution in [-0.2, 0) is 34.6 Å². The molecule has 0 aliphatic rings. The molecular weight excluding hydrogens is 614 g/mol. The minimum absolute atomic E-state index is 0.0233. The fourth-order valence-electron chi connectivity index (χ4n) is 3.60. The van der Waals surface area contributed by atoms with Gasteiger partial charge in [0.15, 0.2) is 0 Å². The number of rotatable bonds is 9. The first-order chi connectivity index (χ1) is 19.5. The second kappa shape index (κ2) is 13.0. The zero-order valence-electron chi connectivity index (χ0n) is 22.4. The van der Waals surface area contributed by atoms with Gasteiger partial charge < -0.3 is 9.47 Å². The molecular formula is C26H26ClN3O10S2. The van der Waals surface area contributed by atoms with Crippen LogP contribution in [0.4, 0.5) is 0 Å². The summed E-state index contributed by atoms with van der Waals surface area (Å²) in [5.41, 5.74) is -0.964. The third-order valence-corrected chi connectivity index (χ3v) is 7.74. The first-order valence-electron chi connectivity index (χ1n) is 11.9. The SMILES string of the molecule is CC(=O)OCC(C)(C)C(=O)C(Oc1ccc(Cl)cc1)n1cncn1.O=S(=O)(O)c1cccc2c(S(=O)(=O)O)cccc12. The molecule has 0 spiro atoms. The van der Waals surface area contributed by atoms with E-state index in [0.717, 1.165) is 12.1 Å². The summed E-state index contributed by atoms with van der Waals surface area (Å²) in [6, 6.07) is 14.1. The average molecular weight is 640 g/mol. The van der Waals surface area contributed by atoms with E-state index in [1.54, 1.807) is 38.1 Å². The fraction of sp³-hybridized carbons (Fsp3) is 0.231. The Labute approximate surface area is 246 Å². The number of hydrogen-bond acceptors (Lipinski definition) is 10. The van der Waals surface area contributed by atoms with Crippen molar-refractivity contribution < 1.29 is 45.0 Å². The van der Waals surface area contributed by atoms with Crippen molar-refractivity contribution in [2.75, 3.05) is 6.61 Å². The van der Waals surface area contributed by atoms with Crippen LogP contribution < -0.4 is 4.74 Å². The molecule has 0 radical (unpaired) electrons. The molecule has 0 saturated heterocycles. The number of fused-ring (bicyclic) bond motifs is 1. The molecule has 1 aromatic heterocycles. The van der Waals surface area contributed by atoms with Gasteiger partial charge in [0.1, 0.15) is 34.8 Å². The molecule has 0 amide bonds. The van der Waals surface area contributed by atoms with Gasteiger partial charge in [0.2, 0.25) is 5.78 Å². The van der Waals surface area contributed by atoms with Crippen LogP contribution in [0.25, 0.3) is 10.8 Å². The maximum Gasteiger partial charge on any atom is 0.302 e. The van der Waals surface area contributed by atoms with E-state index in [1.165, 1.54) is 48.5 Å². The molecule has 4 rings (SSSR count). The number of ether oxygens (including phenoxy) is 2. The smallest absolute Gasteiger partial charge is 0.302 e. The predicted octanol–water partition coefficient (Wildman–Crippen LogP) is 4.00. The molecule has 3 aromatic carbocycles. The van der Waals surface area contributed by atoms with E-state index in [1.807, 2.05) is 0 Å². The number of carbonyl (C=O) groups excluding carboxylic acids is 2. The van der Waals surface area contributed by atoms with Gasteiger partial charge in [-0.2, -0.15) is 21.9 Å². The van der Waals surface area contributed by atoms with Crippen LogP contribution in [-0.4, -0.2) is 59.1 Å². The van der Waals surface area contributed by atoms with Crippen LogP contribution in [0, 0.1) is 5.41 Å². The Hall–Kier alpha value is -3.89. The van der Waals surface area contributed by atoms with Gasteiger partial charge in [-0.05, 0) is 50.2 Å². The quantitative estimate of drug-likeness (QED) is 0.198. The first kappa shape index (κ1) is 32.6. The molecule has 224 valence electrons. The second-order valence-corrected chi connectivity index (χ2v) is 12.6. The summed E-state index contributed by atoms with van der Waals surface area (Å²) in [6.45, 7) is 4.58. The number of carbonyl (C=O) groups is 2. The Bertz CT molecular complexity index is 1720. The number of ketones is 1. The molecule has 42 heavy (non-hydrogen) atoms. The standard InChI is InChI=1S/C16H18ClN3O4.C10H8O6S2/c1-11(21)23-8-16(2,3)14(22)15(20-10-18-9-19-20)24-13-6-4-12(17)5-7-13;11-17(12,13)9-5-1-3-7-8(9)4-2-6-10(7)18(14,15)16/h4-7,9-10,15H,8H2,1-3H3;1-6H,(H,11,12,13)(H,14,15,16). The molecule has 1 heterocycles. The predicted molar refractivity (Wildman–Crippen MR) is 150 cm³/mol. The number of nitrogens with zero attached hydrogens (tertiary/aromatic N) is 3. The van der Waals surface area contributed by atoms with Gasteiger partial charge in [-0.15, -0.1) is 0 Å². The maximum absolute atomic E-state index is 12.9. The Balaban J connectivity index is 0.000000240. The van der Waals surface area contributed by atoms with E-state index in [9.17, 15) is 26.4 Å². The van der Waals surface area contributed by atoms with Crippen molar-refractivity contribution >= 4 is 54.4 Å². The molecule has 0 aliphatic heterocycles. The summed E-state index contributed by atoms with van der Waals surface area (Å²) in [7, 11) is -8.94. The van der Waals surface area contributed by atoms with Gasteiger partial charge in [-0.1, -0.05) is 35.9 Å². The van der Waals surface area contributed by atoms with Gasteiger partial charge in [-0.25, -0.2) is 9.67 Å². The number of Topliss-reactive ketones (excluding diaryl/α,β-unsaturated/α-hetero) is 1. The highest BCUT2D eigenvalue weighted by atomic mass is 35.5. The minimum Gasteiger partial charge on any atom is -0.465 e. The maximum atomic E-state index is 12.9. The van der Waals surface area contributed by atoms with Crippen LogP contribution in [0.5, 0.6) is 5.75 Å². The first-order valence-corrected chi connectivity index (χ1v) is 15.2. The van der Waals surface area contributed by atoms with Crippen LogP contribution in [0.2, 0.25) is 5.02 Å². The van der Waals surface area contributed by atoms with E-state index in [2.05, 4.69) is 10.1 Å². The molecule has 2 N–H and O–H groups in total. The lowest BCUT2D eigenvalue weighted by atomic mass is 9.88. The largest absolute Gasteiger partial charge is 0.465 e. The van der Waals surface area contributed by atoms with E-state index in [4.69, 9.17) is 30.2 Å². The molecule has 1 unspecified atom stereocenters. The third kappa shape index (κ3) is 8.33. The number of esters is 1. The summed E-state index contributed by atoms with van der Waals surface area (Å²) in [6.07, 6.45) is 1.66. The number of hydrogen-bond donors (Lipinski definition) is 2. The van der Waals surface area contributed by atoms with Crippen molar-refractivity contribution in [3.63, 3.8) is 0 Å². The number of aromatic nitrogens is 3. The molecule has 0 fully saturated rings. The van der Waals surface area contributed by atoms with Crippen LogP contribution in [0.15, 0.2) is 83.1 Å². The van der Waals surface area contributed by atoms with Crippen LogP contribution >= 0.6 is 11.6 Å². The highest BCUT2D eigenvalue weighted by Gasteiger charge is 2.38. The lowest BCUT2D eigenvalue weighted by Gasteiger charge is -2.27. The van der Waals surface area contributed by atoms with Gasteiger partial charge in [0, 0.05) is 22.7 Å². The molecule has 13 nitrogen and oxygen atoms in total. The fourth-order valence-corrected chi connectivity index (χ4v) is 5.14. The van der Waals surface area contributed by atoms with Crippen molar-refractivity contribution in [3.8, 4) is 5.75 Å². The Morgan fingerprint density at radius 3 is 1.88 bits per heavy atom. The zero-order chi connectivity index (χ0) is 31.3. The van der Waals surface area contributed by atoms with E-state index in [0.29, 0.717) is 10.8 Å². The van der Waals surface area contributed by atoms with Crippen LogP contribution in [0.1, 0.15) is 27.0 Å². The Morgan fingerprint density at radius 2 is 1.45 bits per heavy atom.